The fourth-order valence-corrected chi connectivity index (χ4v) is 2.25. The molecule has 0 unspecified atom stereocenters. The standard InChI is InChI=1S/C15H17N5/c1-2-4-12-9-17-15(19-12)13-10-18-20-14(13)7-11-5-3-6-16-8-11/h3,5-6,8-10H,2,4,7H2,1H3,(H,17,19)(H,18,20). The van der Waals surface area contributed by atoms with Gasteiger partial charge < -0.3 is 4.98 Å². The molecule has 0 saturated carbocycles. The van der Waals surface area contributed by atoms with Crippen LogP contribution in [0.25, 0.3) is 11.4 Å². The first-order valence-electron chi connectivity index (χ1n) is 6.82. The average molecular weight is 267 g/mol. The summed E-state index contributed by atoms with van der Waals surface area (Å²) in [5.41, 5.74) is 4.39. The number of rotatable bonds is 5. The smallest absolute Gasteiger partial charge is 0.140 e. The molecule has 3 aromatic rings. The highest BCUT2D eigenvalue weighted by atomic mass is 15.1. The Kier molecular flexibility index (Phi) is 3.58. The molecule has 3 aromatic heterocycles. The Balaban J connectivity index is 1.85. The van der Waals surface area contributed by atoms with Crippen LogP contribution in [0.4, 0.5) is 0 Å². The molecule has 0 aromatic carbocycles. The molecule has 0 amide bonds. The largest absolute Gasteiger partial charge is 0.342 e. The van der Waals surface area contributed by atoms with E-state index in [4.69, 9.17) is 0 Å². The van der Waals surface area contributed by atoms with Crippen LogP contribution in [0.5, 0.6) is 0 Å². The zero-order valence-corrected chi connectivity index (χ0v) is 11.4. The minimum absolute atomic E-state index is 0.771. The Hall–Kier alpha value is -2.43. The highest BCUT2D eigenvalue weighted by Gasteiger charge is 2.11. The van der Waals surface area contributed by atoms with Crippen LogP contribution >= 0.6 is 0 Å². The molecule has 2 N–H and O–H groups in total. The van der Waals surface area contributed by atoms with E-state index in [1.165, 1.54) is 0 Å². The van der Waals surface area contributed by atoms with Gasteiger partial charge in [0.15, 0.2) is 0 Å². The molecule has 0 atom stereocenters. The van der Waals surface area contributed by atoms with Crippen molar-refractivity contribution < 1.29 is 0 Å². The Morgan fingerprint density at radius 3 is 2.95 bits per heavy atom. The summed E-state index contributed by atoms with van der Waals surface area (Å²) in [6.07, 6.45) is 10.3. The summed E-state index contributed by atoms with van der Waals surface area (Å²) in [6.45, 7) is 2.16. The molecule has 0 aliphatic heterocycles. The highest BCUT2D eigenvalue weighted by molar-refractivity contribution is 5.58. The quantitative estimate of drug-likeness (QED) is 0.746. The monoisotopic (exact) mass is 267 g/mol. The minimum atomic E-state index is 0.771. The van der Waals surface area contributed by atoms with Crippen LogP contribution in [0.15, 0.2) is 36.9 Å². The number of H-pyrrole nitrogens is 2. The first kappa shape index (κ1) is 12.6. The molecule has 0 saturated heterocycles. The van der Waals surface area contributed by atoms with Gasteiger partial charge >= 0.3 is 0 Å². The van der Waals surface area contributed by atoms with Crippen molar-refractivity contribution in [1.82, 2.24) is 25.1 Å². The fourth-order valence-electron chi connectivity index (χ4n) is 2.25. The summed E-state index contributed by atoms with van der Waals surface area (Å²) in [6, 6.07) is 4.00. The number of imidazole rings is 1. The maximum Gasteiger partial charge on any atom is 0.140 e. The van der Waals surface area contributed by atoms with Gasteiger partial charge in [0, 0.05) is 30.7 Å². The first-order chi connectivity index (χ1) is 9.86. The maximum atomic E-state index is 4.45. The van der Waals surface area contributed by atoms with Crippen molar-refractivity contribution in [3.63, 3.8) is 0 Å². The van der Waals surface area contributed by atoms with Crippen molar-refractivity contribution in [2.45, 2.75) is 26.2 Å². The lowest BCUT2D eigenvalue weighted by atomic mass is 10.1. The lowest BCUT2D eigenvalue weighted by Gasteiger charge is -2.01. The molecule has 3 rings (SSSR count). The van der Waals surface area contributed by atoms with E-state index in [0.717, 1.165) is 47.6 Å². The molecule has 102 valence electrons. The number of pyridine rings is 1. The molecule has 20 heavy (non-hydrogen) atoms. The number of nitrogens with one attached hydrogen (secondary N) is 2. The third-order valence-electron chi connectivity index (χ3n) is 3.22. The Morgan fingerprint density at radius 1 is 1.20 bits per heavy atom. The topological polar surface area (TPSA) is 70.2 Å². The lowest BCUT2D eigenvalue weighted by molar-refractivity contribution is 0.893. The van der Waals surface area contributed by atoms with E-state index in [-0.39, 0.29) is 0 Å². The number of aryl methyl sites for hydroxylation is 1. The number of hydrogen-bond donors (Lipinski definition) is 2. The molecule has 0 spiro atoms. The lowest BCUT2D eigenvalue weighted by Crippen LogP contribution is -1.93. The molecule has 0 radical (unpaired) electrons. The number of aromatic nitrogens is 5. The summed E-state index contributed by atoms with van der Waals surface area (Å²) in [7, 11) is 0. The van der Waals surface area contributed by atoms with Crippen molar-refractivity contribution in [2.75, 3.05) is 0 Å². The van der Waals surface area contributed by atoms with E-state index in [2.05, 4.69) is 38.1 Å². The Labute approximate surface area is 117 Å². The van der Waals surface area contributed by atoms with Gasteiger partial charge in [0.25, 0.3) is 0 Å². The van der Waals surface area contributed by atoms with E-state index in [0.29, 0.717) is 0 Å². The second-order valence-corrected chi connectivity index (χ2v) is 4.81. The molecule has 5 nitrogen and oxygen atoms in total. The number of hydrogen-bond acceptors (Lipinski definition) is 3. The average Bonchev–Trinajstić information content (AvgIpc) is 3.09. The first-order valence-corrected chi connectivity index (χ1v) is 6.82. The Bertz CT molecular complexity index is 668. The van der Waals surface area contributed by atoms with E-state index >= 15 is 0 Å². The summed E-state index contributed by atoms with van der Waals surface area (Å²) in [5, 5.41) is 7.20. The SMILES string of the molecule is CCCc1cnc(-c2cn[nH]c2Cc2cccnc2)[nH]1. The zero-order chi connectivity index (χ0) is 13.8. The fraction of sp³-hybridized carbons (Fsp3) is 0.267. The van der Waals surface area contributed by atoms with Crippen LogP contribution in [0.1, 0.15) is 30.3 Å². The van der Waals surface area contributed by atoms with Gasteiger partial charge in [-0.1, -0.05) is 19.4 Å². The number of aromatic amines is 2. The second kappa shape index (κ2) is 5.69. The molecule has 0 fully saturated rings. The van der Waals surface area contributed by atoms with Crippen LogP contribution in [0.3, 0.4) is 0 Å². The summed E-state index contributed by atoms with van der Waals surface area (Å²) >= 11 is 0. The summed E-state index contributed by atoms with van der Waals surface area (Å²) in [5.74, 6) is 0.876. The zero-order valence-electron chi connectivity index (χ0n) is 11.4. The van der Waals surface area contributed by atoms with Crippen molar-refractivity contribution in [1.29, 1.82) is 0 Å². The van der Waals surface area contributed by atoms with Gasteiger partial charge in [-0.15, -0.1) is 0 Å². The van der Waals surface area contributed by atoms with E-state index in [1.807, 2.05) is 24.7 Å². The van der Waals surface area contributed by atoms with Crippen LogP contribution < -0.4 is 0 Å². The normalized spacial score (nSPS) is 10.8. The van der Waals surface area contributed by atoms with Crippen LogP contribution in [0, 0.1) is 0 Å². The molecular weight excluding hydrogens is 250 g/mol. The minimum Gasteiger partial charge on any atom is -0.342 e. The third kappa shape index (κ3) is 2.61. The molecule has 0 aliphatic rings. The number of nitrogens with zero attached hydrogens (tertiary/aromatic N) is 3. The van der Waals surface area contributed by atoms with Gasteiger partial charge in [0.2, 0.25) is 0 Å². The third-order valence-corrected chi connectivity index (χ3v) is 3.22. The van der Waals surface area contributed by atoms with E-state index in [1.54, 1.807) is 6.20 Å². The van der Waals surface area contributed by atoms with Gasteiger partial charge in [-0.3, -0.25) is 10.1 Å². The van der Waals surface area contributed by atoms with Gasteiger partial charge in [0.05, 0.1) is 17.5 Å². The Morgan fingerprint density at radius 2 is 2.15 bits per heavy atom. The van der Waals surface area contributed by atoms with Crippen LogP contribution in [-0.4, -0.2) is 25.1 Å². The van der Waals surface area contributed by atoms with E-state index in [9.17, 15) is 0 Å². The molecule has 5 heteroatoms. The molecule has 0 aliphatic carbocycles. The molecular formula is C15H17N5. The van der Waals surface area contributed by atoms with Crippen molar-refractivity contribution in [3.05, 3.63) is 53.9 Å². The van der Waals surface area contributed by atoms with E-state index < -0.39 is 0 Å². The van der Waals surface area contributed by atoms with Crippen molar-refractivity contribution in [3.8, 4) is 11.4 Å². The molecule has 0 bridgehead atoms. The summed E-state index contributed by atoms with van der Waals surface area (Å²) in [4.78, 5) is 11.9. The van der Waals surface area contributed by atoms with Gasteiger partial charge in [-0.2, -0.15) is 5.10 Å². The second-order valence-electron chi connectivity index (χ2n) is 4.81. The molecule has 3 heterocycles. The highest BCUT2D eigenvalue weighted by Crippen LogP contribution is 2.21. The van der Waals surface area contributed by atoms with Crippen molar-refractivity contribution >= 4 is 0 Å². The predicted octanol–water partition coefficient (Wildman–Crippen LogP) is 2.74. The summed E-state index contributed by atoms with van der Waals surface area (Å²) < 4.78 is 0. The van der Waals surface area contributed by atoms with Crippen LogP contribution in [-0.2, 0) is 12.8 Å². The van der Waals surface area contributed by atoms with Crippen molar-refractivity contribution in [2.24, 2.45) is 0 Å². The predicted molar refractivity (Wildman–Crippen MR) is 77.2 cm³/mol. The maximum absolute atomic E-state index is 4.45. The van der Waals surface area contributed by atoms with Gasteiger partial charge in [0.1, 0.15) is 5.82 Å². The van der Waals surface area contributed by atoms with Gasteiger partial charge in [-0.25, -0.2) is 4.98 Å². The van der Waals surface area contributed by atoms with Crippen LogP contribution in [0.2, 0.25) is 0 Å². The van der Waals surface area contributed by atoms with Gasteiger partial charge in [-0.05, 0) is 18.1 Å².